The second kappa shape index (κ2) is 10.8. The molecule has 1 atom stereocenters. The van der Waals surface area contributed by atoms with E-state index in [0.29, 0.717) is 5.92 Å². The quantitative estimate of drug-likeness (QED) is 0.760. The Labute approximate surface area is 164 Å². The van der Waals surface area contributed by atoms with Crippen molar-refractivity contribution in [1.82, 2.24) is 15.1 Å². The Morgan fingerprint density at radius 2 is 1.85 bits per heavy atom. The molecule has 2 heterocycles. The van der Waals surface area contributed by atoms with Crippen molar-refractivity contribution in [3.63, 3.8) is 0 Å². The lowest BCUT2D eigenvalue weighted by Crippen LogP contribution is -2.46. The number of nitrogens with zero attached hydrogens (tertiary/aromatic N) is 2. The van der Waals surface area contributed by atoms with Gasteiger partial charge in [0.15, 0.2) is 0 Å². The first-order valence-corrected chi connectivity index (χ1v) is 10.5. The molecule has 0 aliphatic carbocycles. The number of hydrogen-bond acceptors (Lipinski definition) is 4. The first-order valence-electron chi connectivity index (χ1n) is 10.5. The number of likely N-dealkylation sites (tertiary alicyclic amines) is 2. The molecule has 0 aromatic heterocycles. The summed E-state index contributed by atoms with van der Waals surface area (Å²) in [6.45, 7) is 7.62. The van der Waals surface area contributed by atoms with Crippen molar-refractivity contribution in [1.29, 1.82) is 0 Å². The Morgan fingerprint density at radius 1 is 1.07 bits per heavy atom. The third-order valence-corrected chi connectivity index (χ3v) is 6.07. The maximum Gasteiger partial charge on any atom is 0.224 e. The molecule has 5 nitrogen and oxygen atoms in total. The molecule has 0 spiro atoms. The number of rotatable bonds is 8. The van der Waals surface area contributed by atoms with Gasteiger partial charge in [0.1, 0.15) is 0 Å². The Balaban J connectivity index is 1.32. The summed E-state index contributed by atoms with van der Waals surface area (Å²) in [6.07, 6.45) is 4.55. The van der Waals surface area contributed by atoms with Crippen LogP contribution in [0.1, 0.15) is 37.2 Å². The van der Waals surface area contributed by atoms with Crippen molar-refractivity contribution in [2.24, 2.45) is 5.92 Å². The van der Waals surface area contributed by atoms with E-state index in [1.54, 1.807) is 7.11 Å². The van der Waals surface area contributed by atoms with Gasteiger partial charge in [-0.2, -0.15) is 0 Å². The Hall–Kier alpha value is -1.43. The van der Waals surface area contributed by atoms with Gasteiger partial charge >= 0.3 is 0 Å². The fourth-order valence-electron chi connectivity index (χ4n) is 4.39. The predicted molar refractivity (Wildman–Crippen MR) is 109 cm³/mol. The van der Waals surface area contributed by atoms with Crippen LogP contribution in [0.3, 0.4) is 0 Å². The van der Waals surface area contributed by atoms with Crippen LogP contribution in [0.2, 0.25) is 0 Å². The lowest BCUT2D eigenvalue weighted by molar-refractivity contribution is -0.126. The molecule has 0 unspecified atom stereocenters. The molecular weight excluding hydrogens is 338 g/mol. The van der Waals surface area contributed by atoms with Crippen molar-refractivity contribution in [2.45, 2.75) is 31.6 Å². The van der Waals surface area contributed by atoms with Crippen LogP contribution in [0.4, 0.5) is 0 Å². The summed E-state index contributed by atoms with van der Waals surface area (Å²) >= 11 is 0. The van der Waals surface area contributed by atoms with Crippen molar-refractivity contribution < 1.29 is 9.53 Å². The molecule has 0 bridgehead atoms. The van der Waals surface area contributed by atoms with E-state index in [9.17, 15) is 4.79 Å². The standard InChI is InChI=1S/C22H35N3O2/c1-27-17-16-25-12-5-8-21(18-25)22(26)23-11-15-24-13-9-20(10-14-24)19-6-3-2-4-7-19/h2-4,6-7,20-21H,5,8-18H2,1H3,(H,23,26)/t21-/m1/s1. The van der Waals surface area contributed by atoms with Crippen molar-refractivity contribution in [3.8, 4) is 0 Å². The van der Waals surface area contributed by atoms with E-state index in [1.807, 2.05) is 0 Å². The van der Waals surface area contributed by atoms with Crippen LogP contribution in [-0.4, -0.2) is 75.2 Å². The van der Waals surface area contributed by atoms with E-state index in [-0.39, 0.29) is 11.8 Å². The molecule has 1 amide bonds. The highest BCUT2D eigenvalue weighted by Crippen LogP contribution is 2.27. The van der Waals surface area contributed by atoms with E-state index in [1.165, 1.54) is 18.4 Å². The molecule has 0 saturated carbocycles. The lowest BCUT2D eigenvalue weighted by Gasteiger charge is -2.33. The number of hydrogen-bond donors (Lipinski definition) is 1. The number of piperidine rings is 2. The zero-order valence-electron chi connectivity index (χ0n) is 16.7. The number of carbonyl (C=O) groups excluding carboxylic acids is 1. The largest absolute Gasteiger partial charge is 0.383 e. The molecule has 3 rings (SSSR count). The summed E-state index contributed by atoms with van der Waals surface area (Å²) in [5, 5.41) is 3.18. The number of methoxy groups -OCH3 is 1. The van der Waals surface area contributed by atoms with E-state index in [4.69, 9.17) is 4.74 Å². The minimum Gasteiger partial charge on any atom is -0.383 e. The predicted octanol–water partition coefficient (Wildman–Crippen LogP) is 2.34. The fourth-order valence-corrected chi connectivity index (χ4v) is 4.39. The number of ether oxygens (including phenoxy) is 1. The number of nitrogens with one attached hydrogen (secondary N) is 1. The second-order valence-corrected chi connectivity index (χ2v) is 7.95. The normalized spacial score (nSPS) is 22.6. The van der Waals surface area contributed by atoms with Crippen LogP contribution in [0, 0.1) is 5.92 Å². The maximum absolute atomic E-state index is 12.5. The molecular formula is C22H35N3O2. The zero-order valence-corrected chi connectivity index (χ0v) is 16.7. The molecule has 2 aliphatic rings. The number of benzene rings is 1. The van der Waals surface area contributed by atoms with Crippen LogP contribution >= 0.6 is 0 Å². The SMILES string of the molecule is COCCN1CCC[C@@H](C(=O)NCCN2CCC(c3ccccc3)CC2)C1. The van der Waals surface area contributed by atoms with Gasteiger partial charge in [-0.3, -0.25) is 4.79 Å². The van der Waals surface area contributed by atoms with Crippen LogP contribution < -0.4 is 5.32 Å². The zero-order chi connectivity index (χ0) is 18.9. The third-order valence-electron chi connectivity index (χ3n) is 6.07. The van der Waals surface area contributed by atoms with Crippen LogP contribution in [-0.2, 0) is 9.53 Å². The van der Waals surface area contributed by atoms with Gasteiger partial charge in [0.25, 0.3) is 0 Å². The smallest absolute Gasteiger partial charge is 0.224 e. The van der Waals surface area contributed by atoms with E-state index in [0.717, 1.165) is 65.3 Å². The molecule has 2 saturated heterocycles. The van der Waals surface area contributed by atoms with Gasteiger partial charge < -0.3 is 19.9 Å². The summed E-state index contributed by atoms with van der Waals surface area (Å²) in [4.78, 5) is 17.4. The Morgan fingerprint density at radius 3 is 2.59 bits per heavy atom. The van der Waals surface area contributed by atoms with Gasteiger partial charge in [0.05, 0.1) is 12.5 Å². The summed E-state index contributed by atoms with van der Waals surface area (Å²) in [6, 6.07) is 10.9. The molecule has 27 heavy (non-hydrogen) atoms. The van der Waals surface area contributed by atoms with Crippen molar-refractivity contribution in [3.05, 3.63) is 35.9 Å². The third kappa shape index (κ3) is 6.30. The van der Waals surface area contributed by atoms with Gasteiger partial charge in [-0.1, -0.05) is 30.3 Å². The molecule has 1 aromatic rings. The molecule has 1 aromatic carbocycles. The van der Waals surface area contributed by atoms with Crippen LogP contribution in [0.5, 0.6) is 0 Å². The van der Waals surface area contributed by atoms with Gasteiger partial charge in [0.2, 0.25) is 5.91 Å². The summed E-state index contributed by atoms with van der Waals surface area (Å²) in [7, 11) is 1.73. The minimum atomic E-state index is 0.138. The highest BCUT2D eigenvalue weighted by atomic mass is 16.5. The number of amides is 1. The molecule has 2 aliphatic heterocycles. The van der Waals surface area contributed by atoms with E-state index >= 15 is 0 Å². The fraction of sp³-hybridized carbons (Fsp3) is 0.682. The Bertz CT molecular complexity index is 558. The number of carbonyl (C=O) groups is 1. The maximum atomic E-state index is 12.5. The molecule has 2 fully saturated rings. The first-order chi connectivity index (χ1) is 13.3. The monoisotopic (exact) mass is 373 g/mol. The molecule has 0 radical (unpaired) electrons. The van der Waals surface area contributed by atoms with Crippen molar-refractivity contribution in [2.75, 3.05) is 59.5 Å². The summed E-state index contributed by atoms with van der Waals surface area (Å²) < 4.78 is 5.16. The summed E-state index contributed by atoms with van der Waals surface area (Å²) in [5.41, 5.74) is 1.47. The van der Waals surface area contributed by atoms with E-state index < -0.39 is 0 Å². The minimum absolute atomic E-state index is 0.138. The molecule has 150 valence electrons. The van der Waals surface area contributed by atoms with Crippen molar-refractivity contribution >= 4 is 5.91 Å². The first kappa shape index (κ1) is 20.3. The molecule has 5 heteroatoms. The highest BCUT2D eigenvalue weighted by molar-refractivity contribution is 5.78. The second-order valence-electron chi connectivity index (χ2n) is 7.95. The van der Waals surface area contributed by atoms with Crippen LogP contribution in [0.15, 0.2) is 30.3 Å². The topological polar surface area (TPSA) is 44.8 Å². The average Bonchev–Trinajstić information content (AvgIpc) is 2.73. The van der Waals surface area contributed by atoms with E-state index in [2.05, 4.69) is 45.4 Å². The average molecular weight is 374 g/mol. The summed E-state index contributed by atoms with van der Waals surface area (Å²) in [5.74, 6) is 1.06. The van der Waals surface area contributed by atoms with Gasteiger partial charge in [-0.05, 0) is 56.8 Å². The highest BCUT2D eigenvalue weighted by Gasteiger charge is 2.25. The van der Waals surface area contributed by atoms with Gasteiger partial charge in [-0.15, -0.1) is 0 Å². The van der Waals surface area contributed by atoms with Gasteiger partial charge in [-0.25, -0.2) is 0 Å². The molecule has 1 N–H and O–H groups in total. The van der Waals surface area contributed by atoms with Crippen LogP contribution in [0.25, 0.3) is 0 Å². The van der Waals surface area contributed by atoms with Gasteiger partial charge in [0, 0.05) is 33.3 Å². The Kier molecular flexibility index (Phi) is 8.11. The lowest BCUT2D eigenvalue weighted by atomic mass is 9.89.